The van der Waals surface area contributed by atoms with E-state index in [-0.39, 0.29) is 5.91 Å². The molecule has 19 heavy (non-hydrogen) atoms. The Labute approximate surface area is 111 Å². The van der Waals surface area contributed by atoms with E-state index in [2.05, 4.69) is 4.98 Å². The molecule has 100 valence electrons. The zero-order valence-corrected chi connectivity index (χ0v) is 10.5. The highest BCUT2D eigenvalue weighted by Gasteiger charge is 2.30. The number of hydrogen-bond acceptors (Lipinski definition) is 3. The zero-order valence-electron chi connectivity index (χ0n) is 10.5. The maximum Gasteiger partial charge on any atom is 0.326 e. The standard InChI is InChI=1S/C14H16N2O3/c17-13(7-6-11-4-3-8-15-10-11)16-9-2-1-5-12(16)14(18)19/h3-4,6-8,10,12H,1-2,5,9H2,(H,18,19)/b7-6+. The van der Waals surface area contributed by atoms with Crippen LogP contribution in [0, 0.1) is 0 Å². The number of nitrogens with zero attached hydrogens (tertiary/aromatic N) is 2. The number of rotatable bonds is 3. The SMILES string of the molecule is O=C(O)C1CCCCN1C(=O)/C=C/c1cccnc1. The van der Waals surface area contributed by atoms with E-state index in [4.69, 9.17) is 5.11 Å². The second-order valence-corrected chi connectivity index (χ2v) is 4.50. The smallest absolute Gasteiger partial charge is 0.326 e. The fourth-order valence-corrected chi connectivity index (χ4v) is 2.19. The molecule has 0 saturated carbocycles. The summed E-state index contributed by atoms with van der Waals surface area (Å²) in [6.45, 7) is 0.507. The molecule has 1 N–H and O–H groups in total. The van der Waals surface area contributed by atoms with E-state index >= 15 is 0 Å². The van der Waals surface area contributed by atoms with Gasteiger partial charge in [-0.05, 0) is 37.0 Å². The third kappa shape index (κ3) is 3.40. The van der Waals surface area contributed by atoms with Crippen LogP contribution in [-0.2, 0) is 9.59 Å². The van der Waals surface area contributed by atoms with Gasteiger partial charge < -0.3 is 10.0 Å². The van der Waals surface area contributed by atoms with E-state index in [1.807, 2.05) is 6.07 Å². The first kappa shape index (κ1) is 13.3. The molecule has 1 aliphatic heterocycles. The fourth-order valence-electron chi connectivity index (χ4n) is 2.19. The molecule has 1 unspecified atom stereocenters. The molecular weight excluding hydrogens is 244 g/mol. The highest BCUT2D eigenvalue weighted by atomic mass is 16.4. The highest BCUT2D eigenvalue weighted by Crippen LogP contribution is 2.17. The van der Waals surface area contributed by atoms with Crippen LogP contribution in [-0.4, -0.2) is 39.5 Å². The van der Waals surface area contributed by atoms with Crippen molar-refractivity contribution in [1.82, 2.24) is 9.88 Å². The molecule has 5 nitrogen and oxygen atoms in total. The number of pyridine rings is 1. The molecule has 1 saturated heterocycles. The molecule has 1 aromatic heterocycles. The van der Waals surface area contributed by atoms with Gasteiger partial charge in [-0.2, -0.15) is 0 Å². The Bertz CT molecular complexity index is 485. The Morgan fingerprint density at radius 3 is 2.95 bits per heavy atom. The Kier molecular flexibility index (Phi) is 4.28. The van der Waals surface area contributed by atoms with Gasteiger partial charge >= 0.3 is 5.97 Å². The van der Waals surface area contributed by atoms with Crippen molar-refractivity contribution in [2.45, 2.75) is 25.3 Å². The van der Waals surface area contributed by atoms with Crippen LogP contribution < -0.4 is 0 Å². The lowest BCUT2D eigenvalue weighted by atomic mass is 10.0. The van der Waals surface area contributed by atoms with Crippen molar-refractivity contribution in [3.8, 4) is 0 Å². The number of carbonyl (C=O) groups is 2. The number of amides is 1. The van der Waals surface area contributed by atoms with Gasteiger partial charge in [0, 0.05) is 25.0 Å². The topological polar surface area (TPSA) is 70.5 Å². The maximum absolute atomic E-state index is 12.0. The number of likely N-dealkylation sites (tertiary alicyclic amines) is 1. The number of carboxylic acids is 1. The van der Waals surface area contributed by atoms with Crippen LogP contribution in [0.1, 0.15) is 24.8 Å². The summed E-state index contributed by atoms with van der Waals surface area (Å²) in [6, 6.07) is 2.92. The van der Waals surface area contributed by atoms with Crippen LogP contribution in [0.25, 0.3) is 6.08 Å². The molecule has 0 aromatic carbocycles. The third-order valence-corrected chi connectivity index (χ3v) is 3.17. The summed E-state index contributed by atoms with van der Waals surface area (Å²) in [6.07, 6.45) is 8.62. The number of carbonyl (C=O) groups excluding carboxylic acids is 1. The summed E-state index contributed by atoms with van der Waals surface area (Å²) >= 11 is 0. The van der Waals surface area contributed by atoms with Gasteiger partial charge in [0.05, 0.1) is 0 Å². The minimum atomic E-state index is -0.928. The predicted molar refractivity (Wildman–Crippen MR) is 70.3 cm³/mol. The Hall–Kier alpha value is -2.17. The Balaban J connectivity index is 2.06. The number of hydrogen-bond donors (Lipinski definition) is 1. The third-order valence-electron chi connectivity index (χ3n) is 3.17. The number of piperidine rings is 1. The van der Waals surface area contributed by atoms with Crippen molar-refractivity contribution >= 4 is 18.0 Å². The fraction of sp³-hybridized carbons (Fsp3) is 0.357. The number of aliphatic carboxylic acids is 1. The van der Waals surface area contributed by atoms with Gasteiger partial charge in [0.1, 0.15) is 6.04 Å². The molecule has 1 fully saturated rings. The van der Waals surface area contributed by atoms with Gasteiger partial charge in [-0.15, -0.1) is 0 Å². The second-order valence-electron chi connectivity index (χ2n) is 4.50. The maximum atomic E-state index is 12.0. The summed E-state index contributed by atoms with van der Waals surface area (Å²) in [7, 11) is 0. The summed E-state index contributed by atoms with van der Waals surface area (Å²) in [5, 5.41) is 9.11. The van der Waals surface area contributed by atoms with Crippen LogP contribution >= 0.6 is 0 Å². The molecule has 0 radical (unpaired) electrons. The first-order valence-electron chi connectivity index (χ1n) is 6.30. The van der Waals surface area contributed by atoms with E-state index < -0.39 is 12.0 Å². The van der Waals surface area contributed by atoms with Crippen molar-refractivity contribution in [3.05, 3.63) is 36.2 Å². The lowest BCUT2D eigenvalue weighted by Crippen LogP contribution is -2.47. The van der Waals surface area contributed by atoms with Gasteiger partial charge in [-0.1, -0.05) is 6.07 Å². The van der Waals surface area contributed by atoms with Crippen LogP contribution in [0.5, 0.6) is 0 Å². The Morgan fingerprint density at radius 1 is 1.42 bits per heavy atom. The van der Waals surface area contributed by atoms with E-state index in [0.29, 0.717) is 13.0 Å². The second kappa shape index (κ2) is 6.13. The van der Waals surface area contributed by atoms with E-state index in [1.165, 1.54) is 11.0 Å². The van der Waals surface area contributed by atoms with E-state index in [1.54, 1.807) is 24.5 Å². The van der Waals surface area contributed by atoms with Crippen molar-refractivity contribution in [3.63, 3.8) is 0 Å². The molecule has 0 bridgehead atoms. The molecule has 2 heterocycles. The lowest BCUT2D eigenvalue weighted by molar-refractivity contribution is -0.150. The van der Waals surface area contributed by atoms with Gasteiger partial charge in [0.15, 0.2) is 0 Å². The first-order chi connectivity index (χ1) is 9.18. The van der Waals surface area contributed by atoms with Gasteiger partial charge in [0.2, 0.25) is 5.91 Å². The van der Waals surface area contributed by atoms with Crippen molar-refractivity contribution in [2.75, 3.05) is 6.54 Å². The summed E-state index contributed by atoms with van der Waals surface area (Å²) in [4.78, 5) is 28.5. The minimum absolute atomic E-state index is 0.254. The normalized spacial score (nSPS) is 19.6. The van der Waals surface area contributed by atoms with Crippen molar-refractivity contribution in [2.24, 2.45) is 0 Å². The minimum Gasteiger partial charge on any atom is -0.480 e. The van der Waals surface area contributed by atoms with Gasteiger partial charge in [-0.25, -0.2) is 4.79 Å². The van der Waals surface area contributed by atoms with Gasteiger partial charge in [0.25, 0.3) is 0 Å². The molecule has 0 aliphatic carbocycles. The predicted octanol–water partition coefficient (Wildman–Crippen LogP) is 1.56. The monoisotopic (exact) mass is 260 g/mol. The quantitative estimate of drug-likeness (QED) is 0.837. The summed E-state index contributed by atoms with van der Waals surface area (Å²) in [5.41, 5.74) is 0.819. The molecule has 2 rings (SSSR count). The molecule has 0 spiro atoms. The van der Waals surface area contributed by atoms with Crippen molar-refractivity contribution < 1.29 is 14.7 Å². The average molecular weight is 260 g/mol. The first-order valence-corrected chi connectivity index (χ1v) is 6.30. The van der Waals surface area contributed by atoms with Crippen molar-refractivity contribution in [1.29, 1.82) is 0 Å². The molecule has 1 aliphatic rings. The Morgan fingerprint density at radius 2 is 2.26 bits per heavy atom. The summed E-state index contributed by atoms with van der Waals surface area (Å²) < 4.78 is 0. The van der Waals surface area contributed by atoms with Crippen LogP contribution in [0.4, 0.5) is 0 Å². The highest BCUT2D eigenvalue weighted by molar-refractivity contribution is 5.94. The number of carboxylic acid groups (broad SMARTS) is 1. The molecule has 1 amide bonds. The molecule has 1 aromatic rings. The van der Waals surface area contributed by atoms with Crippen LogP contribution in [0.15, 0.2) is 30.6 Å². The summed E-state index contributed by atoms with van der Waals surface area (Å²) in [5.74, 6) is -1.18. The molecule has 5 heteroatoms. The van der Waals surface area contributed by atoms with E-state index in [9.17, 15) is 9.59 Å². The molecule has 1 atom stereocenters. The average Bonchev–Trinajstić information content (AvgIpc) is 2.46. The molecular formula is C14H16N2O3. The number of aromatic nitrogens is 1. The van der Waals surface area contributed by atoms with Gasteiger partial charge in [-0.3, -0.25) is 9.78 Å². The lowest BCUT2D eigenvalue weighted by Gasteiger charge is -2.32. The largest absolute Gasteiger partial charge is 0.480 e. The van der Waals surface area contributed by atoms with Crippen LogP contribution in [0.2, 0.25) is 0 Å². The van der Waals surface area contributed by atoms with E-state index in [0.717, 1.165) is 18.4 Å². The zero-order chi connectivity index (χ0) is 13.7. The van der Waals surface area contributed by atoms with Crippen LogP contribution in [0.3, 0.4) is 0 Å².